The maximum absolute atomic E-state index is 5.47. The Bertz CT molecular complexity index is 460. The predicted molar refractivity (Wildman–Crippen MR) is 82.5 cm³/mol. The predicted octanol–water partition coefficient (Wildman–Crippen LogP) is 2.83. The van der Waals surface area contributed by atoms with Crippen molar-refractivity contribution in [1.82, 2.24) is 5.32 Å². The number of allylic oxidation sites excluding steroid dienone is 2. The average Bonchev–Trinajstić information content (AvgIpc) is 2.94. The van der Waals surface area contributed by atoms with Gasteiger partial charge >= 0.3 is 0 Å². The van der Waals surface area contributed by atoms with Crippen LogP contribution in [0.3, 0.4) is 0 Å². The molecular weight excluding hydrogens is 250 g/mol. The van der Waals surface area contributed by atoms with E-state index in [1.54, 1.807) is 14.2 Å². The Morgan fingerprint density at radius 1 is 1.20 bits per heavy atom. The minimum Gasteiger partial charge on any atom is -0.496 e. The van der Waals surface area contributed by atoms with Crippen LogP contribution in [0.25, 0.3) is 0 Å². The van der Waals surface area contributed by atoms with Gasteiger partial charge in [-0.25, -0.2) is 0 Å². The van der Waals surface area contributed by atoms with Gasteiger partial charge in [0.05, 0.1) is 13.7 Å². The van der Waals surface area contributed by atoms with Crippen molar-refractivity contribution in [3.05, 3.63) is 41.5 Å². The summed E-state index contributed by atoms with van der Waals surface area (Å²) < 4.78 is 10.6. The second-order valence-corrected chi connectivity index (χ2v) is 5.51. The summed E-state index contributed by atoms with van der Waals surface area (Å²) in [6.45, 7) is 4.69. The summed E-state index contributed by atoms with van der Waals surface area (Å²) in [5.41, 5.74) is 2.70. The highest BCUT2D eigenvalue weighted by molar-refractivity contribution is 5.41. The zero-order valence-corrected chi connectivity index (χ0v) is 12.7. The van der Waals surface area contributed by atoms with Gasteiger partial charge in [0.2, 0.25) is 0 Å². The van der Waals surface area contributed by atoms with Crippen LogP contribution in [-0.4, -0.2) is 33.9 Å². The van der Waals surface area contributed by atoms with Crippen LogP contribution in [0.4, 0.5) is 0 Å². The van der Waals surface area contributed by atoms with E-state index in [4.69, 9.17) is 9.47 Å². The molecule has 0 saturated heterocycles. The SMILES string of the molecule is COCCNCC1(c2ccc(C)c(OC)c2)CC=CC1. The number of nitrogens with one attached hydrogen (secondary N) is 1. The van der Waals surface area contributed by atoms with E-state index in [9.17, 15) is 0 Å². The maximum atomic E-state index is 5.47. The third-order valence-electron chi connectivity index (χ3n) is 4.15. The van der Waals surface area contributed by atoms with E-state index in [1.807, 2.05) is 0 Å². The van der Waals surface area contributed by atoms with Crippen LogP contribution in [0, 0.1) is 6.92 Å². The Morgan fingerprint density at radius 2 is 1.95 bits per heavy atom. The van der Waals surface area contributed by atoms with Crippen LogP contribution in [-0.2, 0) is 10.2 Å². The van der Waals surface area contributed by atoms with Crippen LogP contribution in [0.1, 0.15) is 24.0 Å². The van der Waals surface area contributed by atoms with E-state index in [0.717, 1.165) is 38.3 Å². The Kier molecular flexibility index (Phi) is 5.21. The maximum Gasteiger partial charge on any atom is 0.122 e. The molecule has 0 unspecified atom stereocenters. The summed E-state index contributed by atoms with van der Waals surface area (Å²) in [5, 5.41) is 3.51. The zero-order chi connectivity index (χ0) is 14.4. The largest absolute Gasteiger partial charge is 0.496 e. The fraction of sp³-hybridized carbons (Fsp3) is 0.529. The van der Waals surface area contributed by atoms with Gasteiger partial charge in [0.15, 0.2) is 0 Å². The summed E-state index contributed by atoms with van der Waals surface area (Å²) in [4.78, 5) is 0. The highest BCUT2D eigenvalue weighted by Crippen LogP contribution is 2.38. The third kappa shape index (κ3) is 3.22. The third-order valence-corrected chi connectivity index (χ3v) is 4.15. The fourth-order valence-electron chi connectivity index (χ4n) is 2.84. The lowest BCUT2D eigenvalue weighted by atomic mass is 9.77. The second-order valence-electron chi connectivity index (χ2n) is 5.51. The molecule has 0 aliphatic heterocycles. The highest BCUT2D eigenvalue weighted by atomic mass is 16.5. The van der Waals surface area contributed by atoms with Crippen molar-refractivity contribution in [3.63, 3.8) is 0 Å². The summed E-state index contributed by atoms with van der Waals surface area (Å²) in [6.07, 6.45) is 6.73. The summed E-state index contributed by atoms with van der Waals surface area (Å²) in [6, 6.07) is 6.59. The molecule has 110 valence electrons. The second kappa shape index (κ2) is 6.91. The summed E-state index contributed by atoms with van der Waals surface area (Å²) >= 11 is 0. The van der Waals surface area contributed by atoms with Crippen molar-refractivity contribution >= 4 is 0 Å². The van der Waals surface area contributed by atoms with Gasteiger partial charge in [0.25, 0.3) is 0 Å². The smallest absolute Gasteiger partial charge is 0.122 e. The molecule has 1 N–H and O–H groups in total. The standard InChI is InChI=1S/C17H25NO2/c1-14-6-7-15(12-16(14)20-3)17(8-4-5-9-17)13-18-10-11-19-2/h4-7,12,18H,8-11,13H2,1-3H3. The normalized spacial score (nSPS) is 16.6. The van der Waals surface area contributed by atoms with Gasteiger partial charge < -0.3 is 14.8 Å². The minimum absolute atomic E-state index is 0.161. The van der Waals surface area contributed by atoms with E-state index in [0.29, 0.717) is 0 Å². The van der Waals surface area contributed by atoms with Crippen molar-refractivity contribution in [2.24, 2.45) is 0 Å². The van der Waals surface area contributed by atoms with Crippen LogP contribution >= 0.6 is 0 Å². The molecule has 0 aromatic heterocycles. The van der Waals surface area contributed by atoms with E-state index >= 15 is 0 Å². The molecule has 0 heterocycles. The molecule has 3 nitrogen and oxygen atoms in total. The van der Waals surface area contributed by atoms with Crippen LogP contribution in [0.5, 0.6) is 5.75 Å². The summed E-state index contributed by atoms with van der Waals surface area (Å²) in [7, 11) is 3.47. The molecule has 1 aromatic carbocycles. The van der Waals surface area contributed by atoms with Gasteiger partial charge in [-0.1, -0.05) is 24.3 Å². The van der Waals surface area contributed by atoms with Crippen molar-refractivity contribution in [3.8, 4) is 5.75 Å². The quantitative estimate of drug-likeness (QED) is 0.613. The van der Waals surface area contributed by atoms with E-state index in [1.165, 1.54) is 11.1 Å². The number of hydrogen-bond acceptors (Lipinski definition) is 3. The first-order valence-corrected chi connectivity index (χ1v) is 7.21. The molecule has 3 heteroatoms. The van der Waals surface area contributed by atoms with Gasteiger partial charge in [-0.3, -0.25) is 0 Å². The molecule has 0 fully saturated rings. The Balaban J connectivity index is 2.15. The van der Waals surface area contributed by atoms with Crippen LogP contribution in [0.15, 0.2) is 30.4 Å². The molecule has 1 aliphatic rings. The average molecular weight is 275 g/mol. The lowest BCUT2D eigenvalue weighted by Gasteiger charge is -2.31. The van der Waals surface area contributed by atoms with Crippen molar-refractivity contribution in [1.29, 1.82) is 0 Å². The fourth-order valence-corrected chi connectivity index (χ4v) is 2.84. The number of rotatable bonds is 7. The Hall–Kier alpha value is -1.32. The number of methoxy groups -OCH3 is 2. The van der Waals surface area contributed by atoms with Crippen molar-refractivity contribution in [2.45, 2.75) is 25.2 Å². The Labute approximate surface area is 122 Å². The molecule has 20 heavy (non-hydrogen) atoms. The van der Waals surface area contributed by atoms with Crippen molar-refractivity contribution in [2.75, 3.05) is 33.9 Å². The van der Waals surface area contributed by atoms with Crippen LogP contribution < -0.4 is 10.1 Å². The van der Waals surface area contributed by atoms with Gasteiger partial charge in [0, 0.05) is 25.6 Å². The van der Waals surface area contributed by atoms with E-state index in [2.05, 4.69) is 42.6 Å². The van der Waals surface area contributed by atoms with E-state index < -0.39 is 0 Å². The number of aryl methyl sites for hydroxylation is 1. The lowest BCUT2D eigenvalue weighted by molar-refractivity contribution is 0.196. The molecule has 0 spiro atoms. The Morgan fingerprint density at radius 3 is 2.60 bits per heavy atom. The number of ether oxygens (including phenoxy) is 2. The van der Waals surface area contributed by atoms with Gasteiger partial charge in [-0.05, 0) is 37.0 Å². The first kappa shape index (κ1) is 15.1. The van der Waals surface area contributed by atoms with Crippen LogP contribution in [0.2, 0.25) is 0 Å². The minimum atomic E-state index is 0.161. The molecule has 0 atom stereocenters. The number of hydrogen-bond donors (Lipinski definition) is 1. The van der Waals surface area contributed by atoms with E-state index in [-0.39, 0.29) is 5.41 Å². The zero-order valence-electron chi connectivity index (χ0n) is 12.7. The molecule has 1 aliphatic carbocycles. The molecule has 1 aromatic rings. The van der Waals surface area contributed by atoms with Gasteiger partial charge in [0.1, 0.15) is 5.75 Å². The lowest BCUT2D eigenvalue weighted by Crippen LogP contribution is -2.37. The molecule has 2 rings (SSSR count). The first-order chi connectivity index (χ1) is 9.72. The summed E-state index contributed by atoms with van der Waals surface area (Å²) in [5.74, 6) is 0.977. The van der Waals surface area contributed by atoms with Gasteiger partial charge in [-0.2, -0.15) is 0 Å². The highest BCUT2D eigenvalue weighted by Gasteiger charge is 2.33. The molecule has 0 saturated carbocycles. The molecular formula is C17H25NO2. The van der Waals surface area contributed by atoms with Crippen molar-refractivity contribution < 1.29 is 9.47 Å². The molecule has 0 radical (unpaired) electrons. The molecule has 0 bridgehead atoms. The monoisotopic (exact) mass is 275 g/mol. The number of benzene rings is 1. The van der Waals surface area contributed by atoms with Gasteiger partial charge in [-0.15, -0.1) is 0 Å². The first-order valence-electron chi connectivity index (χ1n) is 7.21. The molecule has 0 amide bonds. The topological polar surface area (TPSA) is 30.5 Å².